The van der Waals surface area contributed by atoms with Crippen molar-refractivity contribution in [1.82, 2.24) is 29.3 Å². The van der Waals surface area contributed by atoms with Gasteiger partial charge >= 0.3 is 0 Å². The molecule has 1 N–H and O–H groups in total. The maximum absolute atomic E-state index is 13.5. The van der Waals surface area contributed by atoms with E-state index in [4.69, 9.17) is 0 Å². The van der Waals surface area contributed by atoms with E-state index in [1.807, 2.05) is 29.8 Å². The van der Waals surface area contributed by atoms with Gasteiger partial charge in [-0.15, -0.1) is 0 Å². The van der Waals surface area contributed by atoms with E-state index >= 15 is 0 Å². The lowest BCUT2D eigenvalue weighted by Crippen LogP contribution is -2.37. The Hall–Kier alpha value is -3.31. The van der Waals surface area contributed by atoms with E-state index in [0.717, 1.165) is 54.5 Å². The molecule has 2 aliphatic rings. The minimum absolute atomic E-state index is 0.217. The average molecular weight is 524 g/mol. The molecule has 4 heterocycles. The molecule has 0 amide bonds. The number of aryl methyl sites for hydroxylation is 1. The van der Waals surface area contributed by atoms with Crippen molar-refractivity contribution in [1.29, 1.82) is 0 Å². The zero-order valence-corrected chi connectivity index (χ0v) is 21.7. The first-order valence-corrected chi connectivity index (χ1v) is 14.2. The summed E-state index contributed by atoms with van der Waals surface area (Å²) in [5.41, 5.74) is 3.81. The molecule has 0 spiro atoms. The number of sulfonamides is 1. The van der Waals surface area contributed by atoms with E-state index < -0.39 is 16.0 Å². The van der Waals surface area contributed by atoms with E-state index in [1.54, 1.807) is 23.9 Å². The van der Waals surface area contributed by atoms with E-state index in [-0.39, 0.29) is 12.1 Å². The number of pyridine rings is 1. The predicted octanol–water partition coefficient (Wildman–Crippen LogP) is 4.05. The third-order valence-corrected chi connectivity index (χ3v) is 9.37. The van der Waals surface area contributed by atoms with E-state index in [0.29, 0.717) is 29.2 Å². The summed E-state index contributed by atoms with van der Waals surface area (Å²) in [6.45, 7) is 4.91. The van der Waals surface area contributed by atoms with Crippen molar-refractivity contribution in [3.63, 3.8) is 0 Å². The van der Waals surface area contributed by atoms with Gasteiger partial charge in [-0.1, -0.05) is 18.9 Å². The van der Waals surface area contributed by atoms with Crippen LogP contribution in [-0.2, 0) is 10.0 Å². The molecule has 2 fully saturated rings. The molecule has 37 heavy (non-hydrogen) atoms. The zero-order valence-electron chi connectivity index (χ0n) is 20.9. The molecular formula is C26H30FN7O2S. The third kappa shape index (κ3) is 4.29. The highest BCUT2D eigenvalue weighted by atomic mass is 32.2. The highest BCUT2D eigenvalue weighted by Gasteiger charge is 2.33. The van der Waals surface area contributed by atoms with Gasteiger partial charge in [0.25, 0.3) is 0 Å². The number of aromatic nitrogens is 5. The average Bonchev–Trinajstić information content (AvgIpc) is 3.66. The predicted molar refractivity (Wildman–Crippen MR) is 139 cm³/mol. The largest absolute Gasteiger partial charge is 0.369 e. The second-order valence-electron chi connectivity index (χ2n) is 10.0. The fourth-order valence-electron chi connectivity index (χ4n) is 5.91. The maximum atomic E-state index is 13.5. The summed E-state index contributed by atoms with van der Waals surface area (Å²) in [7, 11) is -3.71. The van der Waals surface area contributed by atoms with Crippen LogP contribution in [0, 0.1) is 19.8 Å². The van der Waals surface area contributed by atoms with Gasteiger partial charge in [-0.3, -0.25) is 4.68 Å². The third-order valence-electron chi connectivity index (χ3n) is 7.60. The Morgan fingerprint density at radius 2 is 1.86 bits per heavy atom. The molecule has 9 nitrogen and oxygen atoms in total. The molecular weight excluding hydrogens is 493 g/mol. The minimum atomic E-state index is -3.71. The molecule has 1 aliphatic carbocycles. The van der Waals surface area contributed by atoms with Gasteiger partial charge in [0.05, 0.1) is 41.0 Å². The number of nitrogens with one attached hydrogen (secondary N) is 1. The Morgan fingerprint density at radius 1 is 1.05 bits per heavy atom. The summed E-state index contributed by atoms with van der Waals surface area (Å²) in [6, 6.07) is 8.95. The summed E-state index contributed by atoms with van der Waals surface area (Å²) in [6.07, 6.45) is 8.35. The quantitative estimate of drug-likeness (QED) is 0.383. The van der Waals surface area contributed by atoms with Crippen molar-refractivity contribution in [3.8, 4) is 5.69 Å². The number of rotatable bonds is 6. The summed E-state index contributed by atoms with van der Waals surface area (Å²) < 4.78 is 46.8. The van der Waals surface area contributed by atoms with Gasteiger partial charge < -0.3 is 4.90 Å². The Morgan fingerprint density at radius 3 is 2.62 bits per heavy atom. The van der Waals surface area contributed by atoms with Gasteiger partial charge in [0.2, 0.25) is 16.0 Å². The smallest absolute Gasteiger partial charge is 0.244 e. The van der Waals surface area contributed by atoms with Crippen LogP contribution in [0.25, 0.3) is 16.6 Å². The van der Waals surface area contributed by atoms with E-state index in [2.05, 4.69) is 24.8 Å². The summed E-state index contributed by atoms with van der Waals surface area (Å²) >= 11 is 0. The number of hydrogen-bond acceptors (Lipinski definition) is 6. The number of halogens is 1. The molecule has 1 saturated heterocycles. The fraction of sp³-hybridized carbons (Fsp3) is 0.423. The topological polar surface area (TPSA) is 97.9 Å². The van der Waals surface area contributed by atoms with Crippen LogP contribution in [0.15, 0.2) is 47.6 Å². The van der Waals surface area contributed by atoms with Crippen molar-refractivity contribution in [2.24, 2.45) is 0 Å². The van der Waals surface area contributed by atoms with Gasteiger partial charge in [0, 0.05) is 30.2 Å². The molecule has 0 radical (unpaired) electrons. The lowest BCUT2D eigenvalue weighted by atomic mass is 10.2. The summed E-state index contributed by atoms with van der Waals surface area (Å²) in [4.78, 5) is 6.24. The van der Waals surface area contributed by atoms with Crippen LogP contribution in [0.5, 0.6) is 0 Å². The molecule has 1 aliphatic heterocycles. The highest BCUT2D eigenvalue weighted by molar-refractivity contribution is 7.89. The molecule has 11 heteroatoms. The van der Waals surface area contributed by atoms with Crippen molar-refractivity contribution in [2.75, 3.05) is 18.0 Å². The Labute approximate surface area is 215 Å². The van der Waals surface area contributed by atoms with Crippen LogP contribution < -0.4 is 9.62 Å². The minimum Gasteiger partial charge on any atom is -0.369 e. The van der Waals surface area contributed by atoms with Crippen molar-refractivity contribution in [3.05, 3.63) is 60.1 Å². The number of anilines is 1. The van der Waals surface area contributed by atoms with Crippen LogP contribution >= 0.6 is 0 Å². The Bertz CT molecular complexity index is 1560. The SMILES string of the molecule is Cc1nn(C2CCCC2)c(C)c1S(=O)(=O)N[C@H]1CCN(c2cccc3c2cnn3-c2ccc(F)nc2)C1. The molecule has 1 aromatic carbocycles. The molecule has 1 saturated carbocycles. The number of nitrogens with zero attached hydrogens (tertiary/aromatic N) is 6. The van der Waals surface area contributed by atoms with Gasteiger partial charge in [0.1, 0.15) is 4.90 Å². The lowest BCUT2D eigenvalue weighted by molar-refractivity contribution is 0.453. The molecule has 0 bridgehead atoms. The lowest BCUT2D eigenvalue weighted by Gasteiger charge is -2.20. The Kier molecular flexibility index (Phi) is 5.99. The van der Waals surface area contributed by atoms with Gasteiger partial charge in [-0.05, 0) is 57.4 Å². The first kappa shape index (κ1) is 24.1. The van der Waals surface area contributed by atoms with Crippen LogP contribution in [-0.4, -0.2) is 52.1 Å². The first-order valence-electron chi connectivity index (χ1n) is 12.7. The van der Waals surface area contributed by atoms with Gasteiger partial charge in [-0.2, -0.15) is 14.6 Å². The maximum Gasteiger partial charge on any atom is 0.244 e. The molecule has 6 rings (SSSR count). The second-order valence-corrected chi connectivity index (χ2v) is 11.7. The van der Waals surface area contributed by atoms with Crippen molar-refractivity contribution in [2.45, 2.75) is 62.9 Å². The van der Waals surface area contributed by atoms with Crippen molar-refractivity contribution >= 4 is 26.6 Å². The normalized spacial score (nSPS) is 18.9. The zero-order chi connectivity index (χ0) is 25.7. The standard InChI is InChI=1S/C26H30FN7O2S/c1-17-26(18(2)33(30-17)20-6-3-4-7-20)37(35,36)31-19-12-13-32(16-19)23-8-5-9-24-22(23)15-29-34(24)21-10-11-25(27)28-14-21/h5,8-11,14-15,19-20,31H,3-4,6-7,12-13,16H2,1-2H3/t19-/m0/s1. The van der Waals surface area contributed by atoms with Gasteiger partial charge in [-0.25, -0.2) is 22.8 Å². The Balaban J connectivity index is 1.22. The molecule has 3 aromatic heterocycles. The molecule has 194 valence electrons. The van der Waals surface area contributed by atoms with Crippen LogP contribution in [0.2, 0.25) is 0 Å². The van der Waals surface area contributed by atoms with E-state index in [1.165, 1.54) is 12.3 Å². The van der Waals surface area contributed by atoms with Crippen LogP contribution in [0.1, 0.15) is 49.5 Å². The fourth-order valence-corrected chi connectivity index (χ4v) is 7.57. The second kappa shape index (κ2) is 9.21. The van der Waals surface area contributed by atoms with E-state index in [9.17, 15) is 12.8 Å². The molecule has 1 atom stereocenters. The number of benzene rings is 1. The summed E-state index contributed by atoms with van der Waals surface area (Å²) in [5.74, 6) is -0.539. The van der Waals surface area contributed by atoms with Crippen molar-refractivity contribution < 1.29 is 12.8 Å². The first-order chi connectivity index (χ1) is 17.8. The van der Waals surface area contributed by atoms with Crippen LogP contribution in [0.4, 0.5) is 10.1 Å². The van der Waals surface area contributed by atoms with Crippen LogP contribution in [0.3, 0.4) is 0 Å². The number of fused-ring (bicyclic) bond motifs is 1. The monoisotopic (exact) mass is 523 g/mol. The highest BCUT2D eigenvalue weighted by Crippen LogP contribution is 2.34. The van der Waals surface area contributed by atoms with Gasteiger partial charge in [0.15, 0.2) is 0 Å². The number of hydrogen-bond donors (Lipinski definition) is 1. The molecule has 0 unspecified atom stereocenters. The molecule has 4 aromatic rings. The summed E-state index contributed by atoms with van der Waals surface area (Å²) in [5, 5.41) is 10.1.